The maximum absolute atomic E-state index is 13.2. The predicted molar refractivity (Wildman–Crippen MR) is 105 cm³/mol. The van der Waals surface area contributed by atoms with Crippen LogP contribution in [0.1, 0.15) is 56.3 Å². The van der Waals surface area contributed by atoms with Gasteiger partial charge in [0.1, 0.15) is 17.2 Å². The zero-order valence-corrected chi connectivity index (χ0v) is 16.1. The van der Waals surface area contributed by atoms with E-state index in [2.05, 4.69) is 0 Å². The van der Waals surface area contributed by atoms with Crippen LogP contribution in [0.2, 0.25) is 0 Å². The number of hydrogen-bond acceptors (Lipinski definition) is 6. The highest BCUT2D eigenvalue weighted by Crippen LogP contribution is 2.49. The first-order chi connectivity index (χ1) is 13.7. The number of benzene rings is 2. The van der Waals surface area contributed by atoms with E-state index in [0.717, 1.165) is 0 Å². The lowest BCUT2D eigenvalue weighted by molar-refractivity contribution is 0.0971. The number of methoxy groups -OCH3 is 1. The molecule has 0 fully saturated rings. The van der Waals surface area contributed by atoms with Crippen LogP contribution in [0, 0.1) is 5.41 Å². The van der Waals surface area contributed by atoms with Gasteiger partial charge in [-0.1, -0.05) is 19.1 Å². The number of ether oxygens (including phenoxy) is 1. The summed E-state index contributed by atoms with van der Waals surface area (Å²) in [7, 11) is 1.39. The standard InChI is InChI=1S/C22H20NO6/c1-22(14(23)9-24)7-6-10-12(8-22)20(27)16-17(18(10)25)21(28)15-11(19(16)26)4-3-5-13(15)29-2/h3-5,24-25,27H,6-9H2,1-2H3/q-1/t22-/m0/s1. The monoisotopic (exact) mass is 394 g/mol. The molecular weight excluding hydrogens is 374 g/mol. The van der Waals surface area contributed by atoms with Crippen LogP contribution in [-0.2, 0) is 12.8 Å². The molecule has 2 aliphatic rings. The van der Waals surface area contributed by atoms with Gasteiger partial charge in [-0.05, 0) is 30.7 Å². The highest BCUT2D eigenvalue weighted by atomic mass is 16.5. The van der Waals surface area contributed by atoms with Crippen molar-refractivity contribution < 1.29 is 29.6 Å². The number of rotatable bonds is 3. The first kappa shape index (κ1) is 19.1. The second kappa shape index (κ2) is 6.42. The third-order valence-corrected chi connectivity index (χ3v) is 6.17. The number of carbonyl (C=O) groups excluding carboxylic acids is 2. The van der Waals surface area contributed by atoms with Crippen LogP contribution in [0.5, 0.6) is 17.2 Å². The molecule has 2 aromatic rings. The van der Waals surface area contributed by atoms with Gasteiger partial charge in [0.2, 0.25) is 5.78 Å². The van der Waals surface area contributed by atoms with Crippen molar-refractivity contribution in [2.45, 2.75) is 26.2 Å². The van der Waals surface area contributed by atoms with Gasteiger partial charge in [0.05, 0.1) is 23.8 Å². The molecule has 4 rings (SSSR count). The molecule has 2 aliphatic carbocycles. The van der Waals surface area contributed by atoms with Crippen molar-refractivity contribution in [3.8, 4) is 17.2 Å². The lowest BCUT2D eigenvalue weighted by Crippen LogP contribution is -2.36. The zero-order chi connectivity index (χ0) is 21.1. The third kappa shape index (κ3) is 2.50. The Labute approximate surface area is 167 Å². The summed E-state index contributed by atoms with van der Waals surface area (Å²) in [4.78, 5) is 26.4. The minimum absolute atomic E-state index is 0.0639. The molecule has 0 aromatic heterocycles. The molecule has 3 N–H and O–H groups in total. The number of phenols is 2. The average Bonchev–Trinajstić information content (AvgIpc) is 2.73. The Kier molecular flexibility index (Phi) is 4.24. The molecule has 0 bridgehead atoms. The number of ketones is 2. The second-order valence-electron chi connectivity index (χ2n) is 7.79. The van der Waals surface area contributed by atoms with Crippen LogP contribution in [0.4, 0.5) is 0 Å². The van der Waals surface area contributed by atoms with E-state index >= 15 is 0 Å². The summed E-state index contributed by atoms with van der Waals surface area (Å²) in [5.74, 6) is -1.63. The van der Waals surface area contributed by atoms with Crippen LogP contribution in [0.3, 0.4) is 0 Å². The maximum atomic E-state index is 13.2. The largest absolute Gasteiger partial charge is 0.809 e. The van der Waals surface area contributed by atoms with Crippen molar-refractivity contribution in [1.82, 2.24) is 0 Å². The van der Waals surface area contributed by atoms with Crippen LogP contribution < -0.4 is 4.74 Å². The van der Waals surface area contributed by atoms with Gasteiger partial charge >= 0.3 is 0 Å². The molecule has 1 atom stereocenters. The number of fused-ring (bicyclic) bond motifs is 3. The molecule has 7 nitrogen and oxygen atoms in total. The molecule has 29 heavy (non-hydrogen) atoms. The van der Waals surface area contributed by atoms with E-state index in [4.69, 9.17) is 4.74 Å². The Morgan fingerprint density at radius 2 is 1.76 bits per heavy atom. The molecule has 0 aliphatic heterocycles. The van der Waals surface area contributed by atoms with Crippen molar-refractivity contribution in [1.29, 1.82) is 0 Å². The fraction of sp³-hybridized carbons (Fsp3) is 0.318. The SMILES string of the molecule is COc1cccc2c1C(=O)c1c(O)c3c(c(O)c1C2=O)C[C@@](C)(C(=[N-])CO)CC3. The van der Waals surface area contributed by atoms with Crippen molar-refractivity contribution >= 4 is 17.3 Å². The lowest BCUT2D eigenvalue weighted by Gasteiger charge is -2.41. The van der Waals surface area contributed by atoms with Crippen molar-refractivity contribution in [2.24, 2.45) is 5.41 Å². The highest BCUT2D eigenvalue weighted by Gasteiger charge is 2.42. The van der Waals surface area contributed by atoms with Crippen LogP contribution in [0.25, 0.3) is 5.41 Å². The predicted octanol–water partition coefficient (Wildman–Crippen LogP) is 2.38. The number of hydrogen-bond donors (Lipinski definition) is 3. The van der Waals surface area contributed by atoms with Crippen LogP contribution >= 0.6 is 0 Å². The number of aliphatic hydroxyl groups is 1. The first-order valence-corrected chi connectivity index (χ1v) is 9.27. The molecule has 0 radical (unpaired) electrons. The number of phenolic OH excluding ortho intramolecular Hbond substituents is 2. The Hall–Kier alpha value is -3.19. The van der Waals surface area contributed by atoms with E-state index in [-0.39, 0.29) is 58.1 Å². The maximum Gasteiger partial charge on any atom is 0.202 e. The van der Waals surface area contributed by atoms with Crippen LogP contribution in [0.15, 0.2) is 18.2 Å². The van der Waals surface area contributed by atoms with E-state index in [9.17, 15) is 30.3 Å². The summed E-state index contributed by atoms with van der Waals surface area (Å²) in [6, 6.07) is 4.62. The van der Waals surface area contributed by atoms with E-state index < -0.39 is 23.6 Å². The molecule has 150 valence electrons. The summed E-state index contributed by atoms with van der Waals surface area (Å²) >= 11 is 0. The number of nitrogens with zero attached hydrogens (tertiary/aromatic N) is 1. The van der Waals surface area contributed by atoms with Gasteiger partial charge in [0.15, 0.2) is 5.78 Å². The normalized spacial score (nSPS) is 20.0. The zero-order valence-electron chi connectivity index (χ0n) is 16.1. The molecule has 0 saturated carbocycles. The molecule has 0 unspecified atom stereocenters. The summed E-state index contributed by atoms with van der Waals surface area (Å²) in [6.07, 6.45) is 0.789. The Bertz CT molecular complexity index is 1100. The molecule has 2 aromatic carbocycles. The quantitative estimate of drug-likeness (QED) is 0.462. The van der Waals surface area contributed by atoms with Gasteiger partial charge in [-0.25, -0.2) is 0 Å². The number of aromatic hydroxyl groups is 2. The average molecular weight is 394 g/mol. The molecular formula is C22H20NO6-. The van der Waals surface area contributed by atoms with Crippen LogP contribution in [-0.4, -0.2) is 46.3 Å². The van der Waals surface area contributed by atoms with Gasteiger partial charge in [-0.2, -0.15) is 5.71 Å². The number of carbonyl (C=O) groups is 2. The minimum Gasteiger partial charge on any atom is -0.809 e. The van der Waals surface area contributed by atoms with Gasteiger partial charge < -0.3 is 25.5 Å². The third-order valence-electron chi connectivity index (χ3n) is 6.17. The first-order valence-electron chi connectivity index (χ1n) is 9.27. The topological polar surface area (TPSA) is 126 Å². The molecule has 0 heterocycles. The van der Waals surface area contributed by atoms with Crippen molar-refractivity contribution in [3.63, 3.8) is 0 Å². The number of aliphatic hydroxyl groups excluding tert-OH is 1. The van der Waals surface area contributed by atoms with Gasteiger partial charge in [-0.3, -0.25) is 9.59 Å². The van der Waals surface area contributed by atoms with E-state index in [0.29, 0.717) is 17.5 Å². The molecule has 0 spiro atoms. The Morgan fingerprint density at radius 3 is 2.41 bits per heavy atom. The summed E-state index contributed by atoms with van der Waals surface area (Å²) in [5, 5.41) is 41.3. The van der Waals surface area contributed by atoms with E-state index in [1.165, 1.54) is 13.2 Å². The van der Waals surface area contributed by atoms with Crippen molar-refractivity contribution in [2.75, 3.05) is 13.7 Å². The van der Waals surface area contributed by atoms with E-state index in [1.807, 2.05) is 0 Å². The Balaban J connectivity index is 1.97. The molecule has 7 heteroatoms. The Morgan fingerprint density at radius 1 is 1.10 bits per heavy atom. The fourth-order valence-electron chi connectivity index (χ4n) is 4.43. The summed E-state index contributed by atoms with van der Waals surface area (Å²) in [6.45, 7) is 1.22. The minimum atomic E-state index is -0.817. The summed E-state index contributed by atoms with van der Waals surface area (Å²) in [5.41, 5.74) is -0.553. The smallest absolute Gasteiger partial charge is 0.202 e. The highest BCUT2D eigenvalue weighted by molar-refractivity contribution is 6.31. The fourth-order valence-corrected chi connectivity index (χ4v) is 4.43. The van der Waals surface area contributed by atoms with Gasteiger partial charge in [-0.15, -0.1) is 0 Å². The van der Waals surface area contributed by atoms with Gasteiger partial charge in [0, 0.05) is 23.3 Å². The van der Waals surface area contributed by atoms with Gasteiger partial charge in [0.25, 0.3) is 0 Å². The van der Waals surface area contributed by atoms with Crippen molar-refractivity contribution in [3.05, 3.63) is 57.0 Å². The lowest BCUT2D eigenvalue weighted by atomic mass is 9.68. The molecule has 0 amide bonds. The molecule has 0 saturated heterocycles. The second-order valence-corrected chi connectivity index (χ2v) is 7.79. The van der Waals surface area contributed by atoms with E-state index in [1.54, 1.807) is 19.1 Å². The summed E-state index contributed by atoms with van der Waals surface area (Å²) < 4.78 is 5.22.